The van der Waals surface area contributed by atoms with Crippen LogP contribution < -0.4 is 10.6 Å². The van der Waals surface area contributed by atoms with Crippen LogP contribution in [0.4, 0.5) is 9.59 Å². The first-order valence-electron chi connectivity index (χ1n) is 6.82. The van der Waals surface area contributed by atoms with E-state index in [1.807, 2.05) is 0 Å². The van der Waals surface area contributed by atoms with Gasteiger partial charge in [0.2, 0.25) is 0 Å². The largest absolute Gasteiger partial charge is 0.459 e. The van der Waals surface area contributed by atoms with Crippen LogP contribution in [0.25, 0.3) is 0 Å². The minimum atomic E-state index is -0.822. The fourth-order valence-corrected chi connectivity index (χ4v) is 1.10. The second-order valence-corrected chi connectivity index (χ2v) is 4.09. The Balaban J connectivity index is 3.67. The zero-order chi connectivity index (χ0) is 18.4. The van der Waals surface area contributed by atoms with Gasteiger partial charge in [-0.3, -0.25) is 0 Å². The second kappa shape index (κ2) is 12.5. The fraction of sp³-hybridized carbons (Fsp3) is 0.429. The van der Waals surface area contributed by atoms with Crippen LogP contribution in [0.15, 0.2) is 25.3 Å². The summed E-state index contributed by atoms with van der Waals surface area (Å²) in [5, 5.41) is 4.43. The molecule has 0 fully saturated rings. The molecule has 0 saturated heterocycles. The van der Waals surface area contributed by atoms with Crippen molar-refractivity contribution in [3.05, 3.63) is 25.3 Å². The fourth-order valence-electron chi connectivity index (χ4n) is 1.10. The van der Waals surface area contributed by atoms with Crippen molar-refractivity contribution in [2.45, 2.75) is 13.0 Å². The van der Waals surface area contributed by atoms with Crippen molar-refractivity contribution in [1.82, 2.24) is 10.6 Å². The van der Waals surface area contributed by atoms with E-state index in [2.05, 4.69) is 33.3 Å². The van der Waals surface area contributed by atoms with Gasteiger partial charge in [-0.1, -0.05) is 13.2 Å². The van der Waals surface area contributed by atoms with Crippen molar-refractivity contribution in [2.24, 2.45) is 0 Å². The van der Waals surface area contributed by atoms with E-state index in [-0.39, 0.29) is 26.5 Å². The van der Waals surface area contributed by atoms with Crippen molar-refractivity contribution in [3.63, 3.8) is 0 Å². The van der Waals surface area contributed by atoms with Gasteiger partial charge in [0.1, 0.15) is 25.9 Å². The molecule has 10 nitrogen and oxygen atoms in total. The van der Waals surface area contributed by atoms with Crippen molar-refractivity contribution < 1.29 is 38.1 Å². The summed E-state index contributed by atoms with van der Waals surface area (Å²) in [6.07, 6.45) is -0.313. The van der Waals surface area contributed by atoms with Gasteiger partial charge in [0.25, 0.3) is 0 Å². The molecule has 0 radical (unpaired) electrons. The van der Waals surface area contributed by atoms with Crippen LogP contribution in [0.2, 0.25) is 0 Å². The lowest BCUT2D eigenvalue weighted by molar-refractivity contribution is -0.144. The second-order valence-electron chi connectivity index (χ2n) is 4.09. The number of carbonyl (C=O) groups excluding carboxylic acids is 4. The van der Waals surface area contributed by atoms with Gasteiger partial charge in [-0.2, -0.15) is 0 Å². The first-order chi connectivity index (χ1) is 11.4. The Labute approximate surface area is 138 Å². The van der Waals surface area contributed by atoms with E-state index in [1.165, 1.54) is 6.92 Å². The number of ether oxygens (including phenoxy) is 4. The zero-order valence-corrected chi connectivity index (χ0v) is 13.2. The molecule has 134 valence electrons. The number of amides is 2. The van der Waals surface area contributed by atoms with E-state index < -0.39 is 30.2 Å². The first-order valence-corrected chi connectivity index (χ1v) is 6.82. The van der Waals surface area contributed by atoms with E-state index in [9.17, 15) is 19.2 Å². The third kappa shape index (κ3) is 11.6. The Morgan fingerprint density at radius 3 is 2.04 bits per heavy atom. The van der Waals surface area contributed by atoms with Crippen molar-refractivity contribution >= 4 is 24.1 Å². The van der Waals surface area contributed by atoms with Gasteiger partial charge in [0, 0.05) is 12.2 Å². The third-order valence-corrected chi connectivity index (χ3v) is 2.13. The van der Waals surface area contributed by atoms with Crippen molar-refractivity contribution in [3.8, 4) is 0 Å². The predicted octanol–water partition coefficient (Wildman–Crippen LogP) is 0.243. The molecular formula is C14H20N2O8. The molecule has 0 rings (SSSR count). The highest BCUT2D eigenvalue weighted by Gasteiger charge is 2.10. The third-order valence-electron chi connectivity index (χ3n) is 2.13. The average Bonchev–Trinajstić information content (AvgIpc) is 2.56. The van der Waals surface area contributed by atoms with E-state index in [0.717, 1.165) is 12.2 Å². The quantitative estimate of drug-likeness (QED) is 0.190. The van der Waals surface area contributed by atoms with Crippen LogP contribution >= 0.6 is 0 Å². The number of rotatable bonds is 10. The molecule has 0 spiro atoms. The summed E-state index contributed by atoms with van der Waals surface area (Å²) in [5.74, 6) is -1.26. The number of hydrogen-bond donors (Lipinski definition) is 2. The average molecular weight is 344 g/mol. The minimum absolute atomic E-state index is 0.116. The van der Waals surface area contributed by atoms with Crippen LogP contribution in [0.1, 0.15) is 6.92 Å². The highest BCUT2D eigenvalue weighted by Crippen LogP contribution is 1.93. The van der Waals surface area contributed by atoms with Crippen LogP contribution in [0.5, 0.6) is 0 Å². The topological polar surface area (TPSA) is 129 Å². The SMILES string of the molecule is C=CC(=O)OCCOC(=O)NCNC(=O)OCC(C)OC(=O)C=C. The molecule has 10 heteroatoms. The van der Waals surface area contributed by atoms with Crippen LogP contribution in [0.3, 0.4) is 0 Å². The monoisotopic (exact) mass is 344 g/mol. The standard InChI is InChI=1S/C14H20N2O8/c1-4-11(17)21-6-7-22-13(19)15-9-16-14(20)23-8-10(3)24-12(18)5-2/h4-5,10H,1-2,6-9H2,3H3,(H,15,19)(H,16,20). The molecule has 0 aliphatic heterocycles. The lowest BCUT2D eigenvalue weighted by Crippen LogP contribution is -2.39. The lowest BCUT2D eigenvalue weighted by Gasteiger charge is -2.13. The molecule has 0 aromatic carbocycles. The normalized spacial score (nSPS) is 10.5. The summed E-state index contributed by atoms with van der Waals surface area (Å²) in [6.45, 7) is 7.29. The van der Waals surface area contributed by atoms with E-state index in [4.69, 9.17) is 9.47 Å². The zero-order valence-electron chi connectivity index (χ0n) is 13.2. The van der Waals surface area contributed by atoms with Gasteiger partial charge >= 0.3 is 24.1 Å². The predicted molar refractivity (Wildman–Crippen MR) is 80.7 cm³/mol. The van der Waals surface area contributed by atoms with Gasteiger partial charge in [-0.05, 0) is 6.92 Å². The molecule has 2 N–H and O–H groups in total. The number of hydrogen-bond acceptors (Lipinski definition) is 8. The molecule has 0 bridgehead atoms. The summed E-state index contributed by atoms with van der Waals surface area (Å²) < 4.78 is 18.8. The van der Waals surface area contributed by atoms with Gasteiger partial charge in [-0.25, -0.2) is 19.2 Å². The maximum Gasteiger partial charge on any atom is 0.408 e. The lowest BCUT2D eigenvalue weighted by atomic mass is 10.4. The summed E-state index contributed by atoms with van der Waals surface area (Å²) in [5.41, 5.74) is 0. The summed E-state index contributed by atoms with van der Waals surface area (Å²) >= 11 is 0. The number of nitrogens with one attached hydrogen (secondary N) is 2. The molecule has 0 aromatic heterocycles. The molecule has 0 aliphatic rings. The maximum absolute atomic E-state index is 11.3. The maximum atomic E-state index is 11.3. The molecule has 2 amide bonds. The van der Waals surface area contributed by atoms with E-state index in [0.29, 0.717) is 0 Å². The molecule has 0 aliphatic carbocycles. The Kier molecular flexibility index (Phi) is 10.9. The Morgan fingerprint density at radius 1 is 0.917 bits per heavy atom. The van der Waals surface area contributed by atoms with E-state index in [1.54, 1.807) is 0 Å². The highest BCUT2D eigenvalue weighted by atomic mass is 16.6. The Hall–Kier alpha value is -3.04. The van der Waals surface area contributed by atoms with Gasteiger partial charge in [-0.15, -0.1) is 0 Å². The summed E-state index contributed by atoms with van der Waals surface area (Å²) in [4.78, 5) is 44.1. The molecular weight excluding hydrogens is 324 g/mol. The van der Waals surface area contributed by atoms with Gasteiger partial charge in [0.15, 0.2) is 0 Å². The summed E-state index contributed by atoms with van der Waals surface area (Å²) in [6, 6.07) is 0. The molecule has 1 unspecified atom stereocenters. The Morgan fingerprint density at radius 2 is 1.46 bits per heavy atom. The van der Waals surface area contributed by atoms with E-state index >= 15 is 0 Å². The molecule has 24 heavy (non-hydrogen) atoms. The Bertz CT molecular complexity index is 477. The number of alkyl carbamates (subject to hydrolysis) is 2. The summed E-state index contributed by atoms with van der Waals surface area (Å²) in [7, 11) is 0. The van der Waals surface area contributed by atoms with Crippen LogP contribution in [-0.4, -0.2) is 56.7 Å². The smallest absolute Gasteiger partial charge is 0.408 e. The van der Waals surface area contributed by atoms with Crippen LogP contribution in [-0.2, 0) is 28.5 Å². The van der Waals surface area contributed by atoms with Crippen molar-refractivity contribution in [1.29, 1.82) is 0 Å². The van der Waals surface area contributed by atoms with Crippen LogP contribution in [0, 0.1) is 0 Å². The molecule has 0 heterocycles. The van der Waals surface area contributed by atoms with Crippen molar-refractivity contribution in [2.75, 3.05) is 26.5 Å². The highest BCUT2D eigenvalue weighted by molar-refractivity contribution is 5.81. The minimum Gasteiger partial charge on any atom is -0.459 e. The van der Waals surface area contributed by atoms with Gasteiger partial charge < -0.3 is 29.6 Å². The molecule has 0 aromatic rings. The number of carbonyl (C=O) groups is 4. The first kappa shape index (κ1) is 21.0. The molecule has 0 saturated carbocycles. The number of esters is 2. The molecule has 1 atom stereocenters. The van der Waals surface area contributed by atoms with Gasteiger partial charge in [0.05, 0.1) is 6.67 Å².